The molecule has 3 heterocycles. The number of nitrogens with one attached hydrogen (secondary N) is 1. The number of aromatic nitrogens is 2. The fraction of sp³-hybridized carbons (Fsp3) is 0.613. The van der Waals surface area contributed by atoms with Crippen LogP contribution in [0.4, 0.5) is 15.0 Å². The number of carbonyl (C=O) groups is 2. The highest BCUT2D eigenvalue weighted by Crippen LogP contribution is 2.44. The molecule has 2 saturated heterocycles. The molecule has 228 valence electrons. The van der Waals surface area contributed by atoms with E-state index in [0.717, 1.165) is 64.8 Å². The number of hydrogen-bond donors (Lipinski definition) is 2. The molecule has 2 aromatic rings. The second-order valence-corrected chi connectivity index (χ2v) is 12.9. The number of hydrogen-bond acceptors (Lipinski definition) is 7. The summed E-state index contributed by atoms with van der Waals surface area (Å²) >= 11 is 0. The summed E-state index contributed by atoms with van der Waals surface area (Å²) in [6.07, 6.45) is 7.37. The number of halogens is 1. The molecule has 1 aliphatic carbocycles. The van der Waals surface area contributed by atoms with Crippen LogP contribution in [0.25, 0.3) is 0 Å². The average Bonchev–Trinajstić information content (AvgIpc) is 2.88. The van der Waals surface area contributed by atoms with Gasteiger partial charge in [0.1, 0.15) is 17.9 Å². The van der Waals surface area contributed by atoms with Gasteiger partial charge in [0.2, 0.25) is 0 Å². The zero-order valence-electron chi connectivity index (χ0n) is 25.1. The molecule has 0 radical (unpaired) electrons. The number of amides is 2. The van der Waals surface area contributed by atoms with E-state index in [-0.39, 0.29) is 40.8 Å². The van der Waals surface area contributed by atoms with Crippen molar-refractivity contribution in [3.05, 3.63) is 42.1 Å². The number of carbonyl (C=O) groups excluding carboxylic acids is 1. The quantitative estimate of drug-likeness (QED) is 0.403. The summed E-state index contributed by atoms with van der Waals surface area (Å²) in [4.78, 5) is 39.4. The number of likely N-dealkylation sites (tertiary alicyclic amines) is 1. The first-order chi connectivity index (χ1) is 20.0. The van der Waals surface area contributed by atoms with Gasteiger partial charge in [0.15, 0.2) is 11.6 Å². The van der Waals surface area contributed by atoms with Gasteiger partial charge in [-0.1, -0.05) is 0 Å². The maximum absolute atomic E-state index is 14.3. The summed E-state index contributed by atoms with van der Waals surface area (Å²) in [5, 5.41) is 11.6. The average molecular weight is 583 g/mol. The third kappa shape index (κ3) is 6.61. The minimum absolute atomic E-state index is 0.0558. The van der Waals surface area contributed by atoms with Crippen molar-refractivity contribution < 1.29 is 23.8 Å². The normalized spacial score (nSPS) is 21.6. The Labute approximate surface area is 247 Å². The lowest BCUT2D eigenvalue weighted by Crippen LogP contribution is -2.72. The van der Waals surface area contributed by atoms with Gasteiger partial charge < -0.3 is 29.9 Å². The minimum Gasteiger partial charge on any atom is -0.465 e. The molecule has 3 fully saturated rings. The fourth-order valence-corrected chi connectivity index (χ4v) is 7.01. The predicted octanol–water partition coefficient (Wildman–Crippen LogP) is 5.01. The summed E-state index contributed by atoms with van der Waals surface area (Å²) in [6, 6.07) is 4.02. The van der Waals surface area contributed by atoms with Crippen LogP contribution >= 0.6 is 0 Å². The van der Waals surface area contributed by atoms with Gasteiger partial charge in [0.05, 0.1) is 11.8 Å². The van der Waals surface area contributed by atoms with Gasteiger partial charge in [-0.05, 0) is 90.5 Å². The smallest absolute Gasteiger partial charge is 0.404 e. The largest absolute Gasteiger partial charge is 0.465 e. The molecule has 5 rings (SSSR count). The topological polar surface area (TPSA) is 111 Å². The second-order valence-electron chi connectivity index (χ2n) is 12.9. The third-order valence-corrected chi connectivity index (χ3v) is 8.90. The first kappa shape index (κ1) is 30.0. The Morgan fingerprint density at radius 3 is 2.43 bits per heavy atom. The number of benzene rings is 1. The van der Waals surface area contributed by atoms with Gasteiger partial charge in [0, 0.05) is 49.7 Å². The maximum atomic E-state index is 14.3. The predicted molar refractivity (Wildman–Crippen MR) is 158 cm³/mol. The second kappa shape index (κ2) is 12.4. The fourth-order valence-electron chi connectivity index (χ4n) is 7.01. The molecule has 1 spiro atoms. The molecule has 1 aromatic heterocycles. The zero-order chi connectivity index (χ0) is 30.0. The van der Waals surface area contributed by atoms with E-state index in [2.05, 4.69) is 25.1 Å². The van der Waals surface area contributed by atoms with E-state index in [1.54, 1.807) is 11.1 Å². The van der Waals surface area contributed by atoms with Crippen LogP contribution in [-0.4, -0.2) is 87.7 Å². The van der Waals surface area contributed by atoms with E-state index >= 15 is 0 Å². The Balaban J connectivity index is 1.16. The molecule has 2 amide bonds. The van der Waals surface area contributed by atoms with Crippen molar-refractivity contribution in [2.45, 2.75) is 77.9 Å². The zero-order valence-corrected chi connectivity index (χ0v) is 25.1. The highest BCUT2D eigenvalue weighted by atomic mass is 19.1. The molecule has 3 aliphatic rings. The molecular weight excluding hydrogens is 539 g/mol. The maximum Gasteiger partial charge on any atom is 0.404 e. The first-order valence-corrected chi connectivity index (χ1v) is 15.1. The van der Waals surface area contributed by atoms with Gasteiger partial charge in [-0.15, -0.1) is 0 Å². The standard InChI is InChI=1S/C31H43FN6O4/c1-20(2)38(21(3)4)29(39)25-13-23(32)7-10-26(25)42-27-14-33-19-34-28(27)37-17-31(18-37)15-36(16-31)12-11-22-5-8-24(9-6-22)35-30(40)41/h7,10,13-14,19-22,24,35H,5-6,8-9,11-12,15-18H2,1-4H3,(H,40,41)/t22-,24-. The Morgan fingerprint density at radius 2 is 1.79 bits per heavy atom. The summed E-state index contributed by atoms with van der Waals surface area (Å²) in [6.45, 7) is 12.7. The van der Waals surface area contributed by atoms with Crippen LogP contribution in [0.5, 0.6) is 11.5 Å². The monoisotopic (exact) mass is 582 g/mol. The SMILES string of the molecule is CC(C)N(C(=O)c1cc(F)ccc1Oc1cncnc1N1CC2(CN(CC[C@H]3CC[C@H](NC(=O)O)CC3)C2)C1)C(C)C. The Kier molecular flexibility index (Phi) is 8.86. The van der Waals surface area contributed by atoms with Crippen molar-refractivity contribution in [1.82, 2.24) is 25.1 Å². The van der Waals surface area contributed by atoms with Gasteiger partial charge >= 0.3 is 6.09 Å². The van der Waals surface area contributed by atoms with Gasteiger partial charge in [-0.2, -0.15) is 0 Å². The van der Waals surface area contributed by atoms with Crippen LogP contribution < -0.4 is 15.0 Å². The van der Waals surface area contributed by atoms with Crippen molar-refractivity contribution in [3.8, 4) is 11.5 Å². The lowest BCUT2D eigenvalue weighted by Gasteiger charge is -2.61. The Morgan fingerprint density at radius 1 is 1.10 bits per heavy atom. The van der Waals surface area contributed by atoms with Crippen molar-refractivity contribution in [2.75, 3.05) is 37.6 Å². The lowest BCUT2D eigenvalue weighted by atomic mass is 9.72. The minimum atomic E-state index is -0.922. The molecule has 1 aromatic carbocycles. The summed E-state index contributed by atoms with van der Waals surface area (Å²) in [5.41, 5.74) is 0.422. The van der Waals surface area contributed by atoms with E-state index in [1.165, 1.54) is 24.5 Å². The number of anilines is 1. The lowest BCUT2D eigenvalue weighted by molar-refractivity contribution is -0.0257. The van der Waals surface area contributed by atoms with Gasteiger partial charge in [0.25, 0.3) is 5.91 Å². The number of nitrogens with zero attached hydrogens (tertiary/aromatic N) is 5. The molecule has 1 saturated carbocycles. The van der Waals surface area contributed by atoms with Crippen molar-refractivity contribution >= 4 is 17.8 Å². The van der Waals surface area contributed by atoms with Crippen LogP contribution in [0.1, 0.15) is 70.2 Å². The Bertz CT molecular complexity index is 1260. The molecule has 0 unspecified atom stereocenters. The van der Waals surface area contributed by atoms with E-state index in [4.69, 9.17) is 9.84 Å². The molecule has 10 nitrogen and oxygen atoms in total. The van der Waals surface area contributed by atoms with Crippen molar-refractivity contribution in [3.63, 3.8) is 0 Å². The highest BCUT2D eigenvalue weighted by molar-refractivity contribution is 5.97. The van der Waals surface area contributed by atoms with E-state index in [1.807, 2.05) is 27.7 Å². The molecular formula is C31H43FN6O4. The van der Waals surface area contributed by atoms with Crippen LogP contribution in [-0.2, 0) is 0 Å². The molecule has 0 bridgehead atoms. The molecule has 0 atom stereocenters. The van der Waals surface area contributed by atoms with Crippen LogP contribution in [0.3, 0.4) is 0 Å². The summed E-state index contributed by atoms with van der Waals surface area (Å²) < 4.78 is 20.5. The van der Waals surface area contributed by atoms with Crippen LogP contribution in [0.15, 0.2) is 30.7 Å². The van der Waals surface area contributed by atoms with Gasteiger partial charge in [-0.25, -0.2) is 19.2 Å². The highest BCUT2D eigenvalue weighted by Gasteiger charge is 2.52. The van der Waals surface area contributed by atoms with E-state index in [0.29, 0.717) is 17.5 Å². The van der Waals surface area contributed by atoms with Crippen molar-refractivity contribution in [1.29, 1.82) is 0 Å². The third-order valence-electron chi connectivity index (χ3n) is 8.90. The molecule has 2 aliphatic heterocycles. The van der Waals surface area contributed by atoms with Crippen LogP contribution in [0.2, 0.25) is 0 Å². The first-order valence-electron chi connectivity index (χ1n) is 15.1. The number of carboxylic acid groups (broad SMARTS) is 1. The van der Waals surface area contributed by atoms with Gasteiger partial charge in [-0.3, -0.25) is 4.79 Å². The summed E-state index contributed by atoms with van der Waals surface area (Å²) in [7, 11) is 0. The number of ether oxygens (including phenoxy) is 1. The van der Waals surface area contributed by atoms with E-state index in [9.17, 15) is 14.0 Å². The number of rotatable bonds is 10. The van der Waals surface area contributed by atoms with Crippen LogP contribution in [0, 0.1) is 17.2 Å². The molecule has 42 heavy (non-hydrogen) atoms. The summed E-state index contributed by atoms with van der Waals surface area (Å²) in [5.74, 6) is 1.29. The Hall–Kier alpha value is -3.47. The van der Waals surface area contributed by atoms with E-state index < -0.39 is 11.9 Å². The molecule has 2 N–H and O–H groups in total. The molecule has 11 heteroatoms. The van der Waals surface area contributed by atoms with Crippen molar-refractivity contribution in [2.24, 2.45) is 11.3 Å².